The van der Waals surface area contributed by atoms with Gasteiger partial charge in [-0.25, -0.2) is 9.59 Å². The highest BCUT2D eigenvalue weighted by atomic mass is 16.5. The number of ether oxygens (including phenoxy) is 1. The lowest BCUT2D eigenvalue weighted by atomic mass is 10.0. The van der Waals surface area contributed by atoms with Crippen LogP contribution >= 0.6 is 0 Å². The van der Waals surface area contributed by atoms with Crippen LogP contribution in [-0.2, 0) is 4.74 Å². The van der Waals surface area contributed by atoms with E-state index in [9.17, 15) is 9.59 Å². The van der Waals surface area contributed by atoms with Gasteiger partial charge in [0.1, 0.15) is 0 Å². The minimum atomic E-state index is -0.358. The average Bonchev–Trinajstić information content (AvgIpc) is 2.69. The third-order valence-corrected chi connectivity index (χ3v) is 4.43. The molecule has 0 aliphatic carbocycles. The number of anilines is 1. The van der Waals surface area contributed by atoms with E-state index in [1.54, 1.807) is 16.0 Å². The molecule has 0 spiro atoms. The van der Waals surface area contributed by atoms with Gasteiger partial charge in [0.25, 0.3) is 0 Å². The summed E-state index contributed by atoms with van der Waals surface area (Å²) in [5, 5.41) is 2.93. The molecule has 0 bridgehead atoms. The first-order chi connectivity index (χ1) is 12.6. The van der Waals surface area contributed by atoms with E-state index in [0.29, 0.717) is 26.2 Å². The summed E-state index contributed by atoms with van der Waals surface area (Å²) in [6.07, 6.45) is 1.39. The second-order valence-electron chi connectivity index (χ2n) is 6.12. The summed E-state index contributed by atoms with van der Waals surface area (Å²) >= 11 is 0. The van der Waals surface area contributed by atoms with E-state index in [4.69, 9.17) is 4.74 Å². The zero-order valence-corrected chi connectivity index (χ0v) is 14.9. The first-order valence-electron chi connectivity index (χ1n) is 8.49. The molecular weight excluding hydrogens is 332 g/mol. The van der Waals surface area contributed by atoms with Crippen LogP contribution in [0.2, 0.25) is 0 Å². The van der Waals surface area contributed by atoms with E-state index in [1.165, 1.54) is 7.11 Å². The van der Waals surface area contributed by atoms with Gasteiger partial charge in [0.05, 0.1) is 12.8 Å². The largest absolute Gasteiger partial charge is 0.453 e. The van der Waals surface area contributed by atoms with Crippen LogP contribution in [0.1, 0.15) is 5.56 Å². The Kier molecular flexibility index (Phi) is 5.36. The van der Waals surface area contributed by atoms with Crippen molar-refractivity contribution < 1.29 is 14.3 Å². The second-order valence-corrected chi connectivity index (χ2v) is 6.12. The minimum Gasteiger partial charge on any atom is -0.453 e. The molecule has 1 saturated heterocycles. The number of hydrogen-bond acceptors (Lipinski definition) is 4. The van der Waals surface area contributed by atoms with Crippen LogP contribution in [0.5, 0.6) is 0 Å². The molecule has 7 heteroatoms. The lowest BCUT2D eigenvalue weighted by Crippen LogP contribution is -2.51. The quantitative estimate of drug-likeness (QED) is 0.900. The van der Waals surface area contributed by atoms with Gasteiger partial charge in [-0.15, -0.1) is 0 Å². The Hall–Kier alpha value is -3.09. The Labute approximate surface area is 152 Å². The number of amides is 3. The number of benzene rings is 1. The molecule has 0 unspecified atom stereocenters. The van der Waals surface area contributed by atoms with Crippen LogP contribution < -0.4 is 5.32 Å². The third kappa shape index (κ3) is 3.93. The van der Waals surface area contributed by atoms with E-state index in [1.807, 2.05) is 43.3 Å². The highest BCUT2D eigenvalue weighted by molar-refractivity contribution is 5.90. The molecule has 136 valence electrons. The topological polar surface area (TPSA) is 74.8 Å². The Morgan fingerprint density at radius 1 is 1.08 bits per heavy atom. The van der Waals surface area contributed by atoms with Crippen molar-refractivity contribution in [2.45, 2.75) is 6.92 Å². The molecule has 3 amide bonds. The number of carbonyl (C=O) groups is 2. The Morgan fingerprint density at radius 2 is 1.81 bits per heavy atom. The number of urea groups is 1. The third-order valence-electron chi connectivity index (χ3n) is 4.43. The number of nitrogens with zero attached hydrogens (tertiary/aromatic N) is 3. The monoisotopic (exact) mass is 354 g/mol. The van der Waals surface area contributed by atoms with Gasteiger partial charge in [0, 0.05) is 43.6 Å². The van der Waals surface area contributed by atoms with Gasteiger partial charge in [0.15, 0.2) is 0 Å². The lowest BCUT2D eigenvalue weighted by Gasteiger charge is -2.33. The van der Waals surface area contributed by atoms with Gasteiger partial charge in [-0.1, -0.05) is 12.1 Å². The Bertz CT molecular complexity index is 787. The molecule has 1 N–H and O–H groups in total. The van der Waals surface area contributed by atoms with E-state index >= 15 is 0 Å². The summed E-state index contributed by atoms with van der Waals surface area (Å²) in [5.41, 5.74) is 3.66. The Balaban J connectivity index is 1.66. The lowest BCUT2D eigenvalue weighted by molar-refractivity contribution is 0.0993. The van der Waals surface area contributed by atoms with E-state index in [0.717, 1.165) is 22.5 Å². The van der Waals surface area contributed by atoms with E-state index < -0.39 is 0 Å². The molecule has 1 aliphatic rings. The standard InChI is InChI=1S/C19H22N4O3/c1-14-6-7-15(13-16(14)17-5-3-4-8-20-17)21-18(24)22-9-11-23(12-10-22)19(25)26-2/h3-8,13H,9-12H2,1-2H3,(H,21,24). The summed E-state index contributed by atoms with van der Waals surface area (Å²) in [4.78, 5) is 31.7. The molecule has 0 radical (unpaired) electrons. The van der Waals surface area contributed by atoms with Crippen molar-refractivity contribution >= 4 is 17.8 Å². The molecule has 1 fully saturated rings. The molecule has 2 aromatic rings. The molecule has 3 rings (SSSR count). The zero-order valence-electron chi connectivity index (χ0n) is 14.9. The predicted octanol–water partition coefficient (Wildman–Crippen LogP) is 2.97. The second kappa shape index (κ2) is 7.86. The molecule has 7 nitrogen and oxygen atoms in total. The molecule has 2 heterocycles. The fourth-order valence-corrected chi connectivity index (χ4v) is 2.92. The zero-order chi connectivity index (χ0) is 18.5. The number of hydrogen-bond donors (Lipinski definition) is 1. The molecule has 1 aromatic carbocycles. The highest BCUT2D eigenvalue weighted by Gasteiger charge is 2.24. The normalized spacial score (nSPS) is 14.1. The number of carbonyl (C=O) groups excluding carboxylic acids is 2. The van der Waals surface area contributed by atoms with Crippen molar-refractivity contribution in [3.05, 3.63) is 48.2 Å². The number of aryl methyl sites for hydroxylation is 1. The van der Waals surface area contributed by atoms with Crippen LogP contribution in [0.15, 0.2) is 42.6 Å². The maximum absolute atomic E-state index is 12.5. The minimum absolute atomic E-state index is 0.176. The molecule has 0 atom stereocenters. The summed E-state index contributed by atoms with van der Waals surface area (Å²) in [6.45, 7) is 3.89. The maximum atomic E-state index is 12.5. The van der Waals surface area contributed by atoms with Crippen molar-refractivity contribution in [1.29, 1.82) is 0 Å². The van der Waals surface area contributed by atoms with Crippen molar-refractivity contribution in [1.82, 2.24) is 14.8 Å². The summed E-state index contributed by atoms with van der Waals surface area (Å²) in [7, 11) is 1.36. The predicted molar refractivity (Wildman–Crippen MR) is 99.0 cm³/mol. The number of nitrogens with one attached hydrogen (secondary N) is 1. The first-order valence-corrected chi connectivity index (χ1v) is 8.49. The van der Waals surface area contributed by atoms with E-state index in [2.05, 4.69) is 10.3 Å². The number of pyridine rings is 1. The van der Waals surface area contributed by atoms with Crippen LogP contribution in [0.4, 0.5) is 15.3 Å². The van der Waals surface area contributed by atoms with Gasteiger partial charge in [-0.3, -0.25) is 4.98 Å². The van der Waals surface area contributed by atoms with Crippen LogP contribution in [0.3, 0.4) is 0 Å². The van der Waals surface area contributed by atoms with Crippen molar-refractivity contribution in [2.24, 2.45) is 0 Å². The number of piperazine rings is 1. The van der Waals surface area contributed by atoms with Gasteiger partial charge in [-0.2, -0.15) is 0 Å². The number of aromatic nitrogens is 1. The molecule has 1 aliphatic heterocycles. The van der Waals surface area contributed by atoms with Crippen molar-refractivity contribution in [3.8, 4) is 11.3 Å². The summed E-state index contributed by atoms with van der Waals surface area (Å²) in [5.74, 6) is 0. The van der Waals surface area contributed by atoms with Crippen LogP contribution in [0, 0.1) is 6.92 Å². The fourth-order valence-electron chi connectivity index (χ4n) is 2.92. The number of methoxy groups -OCH3 is 1. The number of rotatable bonds is 2. The van der Waals surface area contributed by atoms with Gasteiger partial charge in [0.2, 0.25) is 0 Å². The summed E-state index contributed by atoms with van der Waals surface area (Å²) in [6, 6.07) is 11.4. The molecule has 26 heavy (non-hydrogen) atoms. The molecule has 0 saturated carbocycles. The van der Waals surface area contributed by atoms with Gasteiger partial charge < -0.3 is 19.9 Å². The SMILES string of the molecule is COC(=O)N1CCN(C(=O)Nc2ccc(C)c(-c3ccccn3)c2)CC1. The first kappa shape index (κ1) is 17.7. The van der Waals surface area contributed by atoms with Crippen LogP contribution in [-0.4, -0.2) is 60.2 Å². The Morgan fingerprint density at radius 3 is 2.46 bits per heavy atom. The van der Waals surface area contributed by atoms with Gasteiger partial charge in [-0.05, 0) is 36.8 Å². The average molecular weight is 354 g/mol. The smallest absolute Gasteiger partial charge is 0.409 e. The van der Waals surface area contributed by atoms with Crippen molar-refractivity contribution in [3.63, 3.8) is 0 Å². The molecular formula is C19H22N4O3. The molecule has 1 aromatic heterocycles. The van der Waals surface area contributed by atoms with Gasteiger partial charge >= 0.3 is 12.1 Å². The highest BCUT2D eigenvalue weighted by Crippen LogP contribution is 2.25. The van der Waals surface area contributed by atoms with E-state index in [-0.39, 0.29) is 12.1 Å². The van der Waals surface area contributed by atoms with Crippen LogP contribution in [0.25, 0.3) is 11.3 Å². The van der Waals surface area contributed by atoms with Crippen molar-refractivity contribution in [2.75, 3.05) is 38.6 Å². The fraction of sp³-hybridized carbons (Fsp3) is 0.316. The maximum Gasteiger partial charge on any atom is 0.409 e. The summed E-state index contributed by atoms with van der Waals surface area (Å²) < 4.78 is 4.71.